The predicted molar refractivity (Wildman–Crippen MR) is 393 cm³/mol. The van der Waals surface area contributed by atoms with Gasteiger partial charge in [0.25, 0.3) is 0 Å². The third-order valence-corrected chi connectivity index (χ3v) is 20.7. The van der Waals surface area contributed by atoms with E-state index in [-0.39, 0.29) is 23.8 Å². The van der Waals surface area contributed by atoms with Crippen LogP contribution in [0.2, 0.25) is 0 Å². The zero-order valence-electron chi connectivity index (χ0n) is 61.9. The lowest BCUT2D eigenvalue weighted by Crippen LogP contribution is -2.18. The summed E-state index contributed by atoms with van der Waals surface area (Å²) in [4.78, 5) is 27.0. The molecule has 0 amide bonds. The van der Waals surface area contributed by atoms with Crippen LogP contribution in [0.4, 0.5) is 0 Å². The third-order valence-electron chi connectivity index (χ3n) is 20.7. The molecule has 4 unspecified atom stereocenters. The van der Waals surface area contributed by atoms with Crippen LogP contribution in [0, 0.1) is 23.7 Å². The van der Waals surface area contributed by atoms with Gasteiger partial charge in [-0.15, -0.1) is 0 Å². The average molecular weight is 1240 g/mol. The van der Waals surface area contributed by atoms with Crippen LogP contribution in [-0.4, -0.2) is 25.2 Å². The summed E-state index contributed by atoms with van der Waals surface area (Å²) < 4.78 is 12.1. The first-order valence-electron chi connectivity index (χ1n) is 41.8. The van der Waals surface area contributed by atoms with Crippen LogP contribution in [0.25, 0.3) is 0 Å². The molecule has 0 aliphatic heterocycles. The fraction of sp³-hybridized carbons (Fsp3) is 0.976. The first kappa shape index (κ1) is 86.9. The number of unbranched alkanes of at least 4 members (excludes halogenated alkanes) is 54. The Hall–Kier alpha value is -1.06. The molecule has 0 heterocycles. The maximum atomic E-state index is 13.5. The summed E-state index contributed by atoms with van der Waals surface area (Å²) in [7, 11) is 0. The van der Waals surface area contributed by atoms with E-state index in [2.05, 4.69) is 41.5 Å². The van der Waals surface area contributed by atoms with Gasteiger partial charge in [-0.3, -0.25) is 9.59 Å². The first-order valence-corrected chi connectivity index (χ1v) is 41.8. The van der Waals surface area contributed by atoms with E-state index in [1.165, 1.54) is 411 Å². The first-order chi connectivity index (χ1) is 43.5. The van der Waals surface area contributed by atoms with Crippen molar-refractivity contribution in [2.24, 2.45) is 23.7 Å². The smallest absolute Gasteiger partial charge is 0.308 e. The molecule has 0 rings (SSSR count). The topological polar surface area (TPSA) is 52.6 Å². The Morgan fingerprint density at radius 1 is 0.182 bits per heavy atom. The zero-order valence-corrected chi connectivity index (χ0v) is 61.9. The monoisotopic (exact) mass is 1240 g/mol. The van der Waals surface area contributed by atoms with Crippen molar-refractivity contribution in [3.05, 3.63) is 0 Å². The van der Waals surface area contributed by atoms with E-state index in [0.29, 0.717) is 13.2 Å². The average Bonchev–Trinajstić information content (AvgIpc) is 3.74. The lowest BCUT2D eigenvalue weighted by atomic mass is 9.78. The van der Waals surface area contributed by atoms with Gasteiger partial charge in [0.1, 0.15) is 0 Å². The maximum absolute atomic E-state index is 13.5. The second-order valence-electron chi connectivity index (χ2n) is 29.4. The van der Waals surface area contributed by atoms with Gasteiger partial charge in [0.2, 0.25) is 0 Å². The van der Waals surface area contributed by atoms with Crippen LogP contribution >= 0.6 is 0 Å². The summed E-state index contributed by atoms with van der Waals surface area (Å²) in [5.41, 5.74) is 0. The minimum atomic E-state index is 0.114. The molecule has 0 saturated carbocycles. The number of ether oxygens (including phenoxy) is 2. The molecule has 4 nitrogen and oxygen atoms in total. The SMILES string of the molecule is CCCCCCCCCCCCC(CCCCCCCCCC)C(=O)OCCCCCCCCC(CCCCCCCCC)C(CCCCCCCCC)CCCCCCCCOC(=O)C(CCCCCCCCCC)CCCCCCCCCCCC. The summed E-state index contributed by atoms with van der Waals surface area (Å²) in [6.07, 6.45) is 93.1. The van der Waals surface area contributed by atoms with Crippen molar-refractivity contribution in [1.29, 1.82) is 0 Å². The Labute approximate surface area is 556 Å². The second-order valence-corrected chi connectivity index (χ2v) is 29.4. The van der Waals surface area contributed by atoms with E-state index in [9.17, 15) is 9.59 Å². The van der Waals surface area contributed by atoms with E-state index >= 15 is 0 Å². The quantitative estimate of drug-likeness (QED) is 0.0450. The molecule has 0 N–H and O–H groups in total. The molecule has 0 aromatic carbocycles. The van der Waals surface area contributed by atoms with Gasteiger partial charge >= 0.3 is 11.9 Å². The van der Waals surface area contributed by atoms with Crippen LogP contribution in [0.3, 0.4) is 0 Å². The van der Waals surface area contributed by atoms with E-state index < -0.39 is 0 Å². The van der Waals surface area contributed by atoms with Gasteiger partial charge < -0.3 is 9.47 Å². The molecule has 0 bridgehead atoms. The summed E-state index contributed by atoms with van der Waals surface area (Å²) in [5.74, 6) is 2.26. The van der Waals surface area contributed by atoms with Crippen molar-refractivity contribution in [3.63, 3.8) is 0 Å². The van der Waals surface area contributed by atoms with E-state index in [0.717, 1.165) is 50.4 Å². The number of carbonyl (C=O) groups excluding carboxylic acids is 2. The summed E-state index contributed by atoms with van der Waals surface area (Å²) >= 11 is 0. The highest BCUT2D eigenvalue weighted by atomic mass is 16.5. The molecule has 88 heavy (non-hydrogen) atoms. The Bertz CT molecular complexity index is 1210. The molecule has 4 atom stereocenters. The molecular formula is C84H166O4. The van der Waals surface area contributed by atoms with Gasteiger partial charge in [-0.1, -0.05) is 452 Å². The van der Waals surface area contributed by atoms with Gasteiger partial charge in [-0.2, -0.15) is 0 Å². The normalized spacial score (nSPS) is 13.1. The molecule has 0 aliphatic carbocycles. The lowest BCUT2D eigenvalue weighted by Gasteiger charge is -2.28. The number of rotatable bonds is 77. The molecule has 0 aliphatic rings. The Morgan fingerprint density at radius 3 is 0.489 bits per heavy atom. The number of carbonyl (C=O) groups is 2. The van der Waals surface area contributed by atoms with Crippen molar-refractivity contribution >= 4 is 11.9 Å². The van der Waals surface area contributed by atoms with E-state index in [1.54, 1.807) is 0 Å². The number of hydrogen-bond donors (Lipinski definition) is 0. The molecule has 0 aromatic rings. The number of esters is 2. The number of hydrogen-bond acceptors (Lipinski definition) is 4. The highest BCUT2D eigenvalue weighted by molar-refractivity contribution is 5.72. The minimum absolute atomic E-state index is 0.114. The summed E-state index contributed by atoms with van der Waals surface area (Å²) in [6.45, 7) is 15.1. The molecule has 0 fully saturated rings. The van der Waals surface area contributed by atoms with Crippen molar-refractivity contribution < 1.29 is 19.1 Å². The molecule has 0 spiro atoms. The van der Waals surface area contributed by atoms with E-state index in [4.69, 9.17) is 9.47 Å². The highest BCUT2D eigenvalue weighted by Gasteiger charge is 2.23. The van der Waals surface area contributed by atoms with Gasteiger partial charge in [-0.25, -0.2) is 0 Å². The van der Waals surface area contributed by atoms with Gasteiger partial charge in [0.05, 0.1) is 25.0 Å². The second kappa shape index (κ2) is 75.0. The van der Waals surface area contributed by atoms with Gasteiger partial charge in [0, 0.05) is 0 Å². The van der Waals surface area contributed by atoms with Crippen molar-refractivity contribution in [2.45, 2.75) is 491 Å². The fourth-order valence-electron chi connectivity index (χ4n) is 14.5. The van der Waals surface area contributed by atoms with E-state index in [1.807, 2.05) is 0 Å². The Morgan fingerprint density at radius 2 is 0.318 bits per heavy atom. The van der Waals surface area contributed by atoms with Crippen LogP contribution in [0.15, 0.2) is 0 Å². The molecule has 526 valence electrons. The Kier molecular flexibility index (Phi) is 74.1. The van der Waals surface area contributed by atoms with Crippen molar-refractivity contribution in [3.8, 4) is 0 Å². The van der Waals surface area contributed by atoms with Crippen LogP contribution < -0.4 is 0 Å². The summed E-state index contributed by atoms with van der Waals surface area (Å²) in [6, 6.07) is 0. The third kappa shape index (κ3) is 63.7. The van der Waals surface area contributed by atoms with Crippen LogP contribution in [0.5, 0.6) is 0 Å². The van der Waals surface area contributed by atoms with Crippen LogP contribution in [-0.2, 0) is 19.1 Å². The molecule has 4 heteroatoms. The predicted octanol–water partition coefficient (Wildman–Crippen LogP) is 30.0. The molecular weight excluding hydrogens is 1070 g/mol. The standard InChI is InChI=1S/C84H166O4/c1-7-13-19-25-31-35-37-43-55-65-75-81(73-63-53-41-33-27-21-15-9-3)83(85)87-77-67-57-47-45-51-61-71-79(69-59-49-39-29-23-17-11-5)80(70-60-50-40-30-24-18-12-6)72-62-52-46-48-58-68-78-88-84(86)82(74-64-54-42-34-28-22-16-10-4)76-66-56-44-38-36-32-26-20-14-8-2/h79-82H,7-78H2,1-6H3. The Balaban J connectivity index is 5.21. The highest BCUT2D eigenvalue weighted by Crippen LogP contribution is 2.34. The minimum Gasteiger partial charge on any atom is -0.465 e. The fourth-order valence-corrected chi connectivity index (χ4v) is 14.5. The van der Waals surface area contributed by atoms with Gasteiger partial charge in [0.15, 0.2) is 0 Å². The molecule has 0 radical (unpaired) electrons. The largest absolute Gasteiger partial charge is 0.465 e. The summed E-state index contributed by atoms with van der Waals surface area (Å²) in [5, 5.41) is 0. The zero-order chi connectivity index (χ0) is 63.8. The molecule has 0 saturated heterocycles. The lowest BCUT2D eigenvalue weighted by molar-refractivity contribution is -0.150. The van der Waals surface area contributed by atoms with Crippen molar-refractivity contribution in [1.82, 2.24) is 0 Å². The van der Waals surface area contributed by atoms with Crippen LogP contribution in [0.1, 0.15) is 491 Å². The molecule has 0 aromatic heterocycles. The van der Waals surface area contributed by atoms with Gasteiger partial charge in [-0.05, 0) is 50.4 Å². The van der Waals surface area contributed by atoms with Crippen molar-refractivity contribution in [2.75, 3.05) is 13.2 Å². The maximum Gasteiger partial charge on any atom is 0.308 e.